The first kappa shape index (κ1) is 14.9. The van der Waals surface area contributed by atoms with E-state index in [4.69, 9.17) is 5.26 Å². The fourth-order valence-corrected chi connectivity index (χ4v) is 3.49. The average molecular weight is 300 g/mol. The van der Waals surface area contributed by atoms with Crippen molar-refractivity contribution in [1.29, 1.82) is 5.26 Å². The van der Waals surface area contributed by atoms with Gasteiger partial charge in [-0.15, -0.1) is 0 Å². The number of guanidine groups is 1. The van der Waals surface area contributed by atoms with Crippen LogP contribution in [0.15, 0.2) is 11.3 Å². The average Bonchev–Trinajstić information content (AvgIpc) is 3.02. The van der Waals surface area contributed by atoms with Gasteiger partial charge in [0.15, 0.2) is 6.19 Å². The molecule has 0 spiro atoms. The Morgan fingerprint density at radius 2 is 2.32 bits per heavy atom. The zero-order chi connectivity index (χ0) is 15.2. The highest BCUT2D eigenvalue weighted by Crippen LogP contribution is 2.26. The van der Waals surface area contributed by atoms with E-state index in [-0.39, 0.29) is 0 Å². The number of aromatic amines is 1. The van der Waals surface area contributed by atoms with Crippen LogP contribution in [-0.4, -0.2) is 33.9 Å². The van der Waals surface area contributed by atoms with Crippen molar-refractivity contribution in [3.63, 3.8) is 0 Å². The van der Waals surface area contributed by atoms with Crippen LogP contribution >= 0.6 is 0 Å². The number of imidazole rings is 1. The second-order valence-corrected chi connectivity index (χ2v) is 6.23. The zero-order valence-electron chi connectivity index (χ0n) is 13.0. The first-order valence-electron chi connectivity index (χ1n) is 8.32. The van der Waals surface area contributed by atoms with Crippen LogP contribution in [0, 0.1) is 17.4 Å². The molecule has 1 saturated carbocycles. The van der Waals surface area contributed by atoms with Gasteiger partial charge in [0, 0.05) is 19.5 Å². The normalized spacial score (nSPS) is 19.6. The highest BCUT2D eigenvalue weighted by Gasteiger charge is 2.21. The van der Waals surface area contributed by atoms with Crippen LogP contribution < -0.4 is 5.32 Å². The van der Waals surface area contributed by atoms with Crippen LogP contribution in [-0.2, 0) is 13.0 Å². The third-order valence-electron chi connectivity index (χ3n) is 4.77. The third-order valence-corrected chi connectivity index (χ3v) is 4.77. The molecule has 1 fully saturated rings. The van der Waals surface area contributed by atoms with Gasteiger partial charge in [0.25, 0.3) is 0 Å². The van der Waals surface area contributed by atoms with Gasteiger partial charge in [-0.05, 0) is 12.3 Å². The van der Waals surface area contributed by atoms with Crippen molar-refractivity contribution in [2.24, 2.45) is 10.9 Å². The lowest BCUT2D eigenvalue weighted by Crippen LogP contribution is -2.42. The number of hydrogen-bond acceptors (Lipinski definition) is 3. The topological polar surface area (TPSA) is 80.1 Å². The predicted molar refractivity (Wildman–Crippen MR) is 84.9 cm³/mol. The largest absolute Gasteiger partial charge is 0.347 e. The molecule has 1 aliphatic carbocycles. The Hall–Kier alpha value is -2.03. The van der Waals surface area contributed by atoms with Gasteiger partial charge >= 0.3 is 0 Å². The van der Waals surface area contributed by atoms with E-state index in [2.05, 4.69) is 25.2 Å². The SMILES string of the molecule is N#CNC(=NCCC1CCCCC1)N1CCc2nc[nH]c2C1. The molecule has 3 rings (SSSR count). The van der Waals surface area contributed by atoms with E-state index in [0.29, 0.717) is 5.96 Å². The highest BCUT2D eigenvalue weighted by atomic mass is 15.3. The van der Waals surface area contributed by atoms with Gasteiger partial charge in [-0.3, -0.25) is 10.3 Å². The monoisotopic (exact) mass is 300 g/mol. The minimum atomic E-state index is 0.707. The lowest BCUT2D eigenvalue weighted by Gasteiger charge is -2.28. The third kappa shape index (κ3) is 3.59. The van der Waals surface area contributed by atoms with Crippen LogP contribution in [0.25, 0.3) is 0 Å². The smallest absolute Gasteiger partial charge is 0.207 e. The Morgan fingerprint density at radius 3 is 3.14 bits per heavy atom. The maximum atomic E-state index is 8.98. The second kappa shape index (κ2) is 7.30. The predicted octanol–water partition coefficient (Wildman–Crippen LogP) is 2.16. The van der Waals surface area contributed by atoms with E-state index in [9.17, 15) is 0 Å². The van der Waals surface area contributed by atoms with E-state index in [1.165, 1.54) is 32.1 Å². The van der Waals surface area contributed by atoms with Gasteiger partial charge in [0.05, 0.1) is 24.3 Å². The lowest BCUT2D eigenvalue weighted by molar-refractivity contribution is 0.340. The van der Waals surface area contributed by atoms with Crippen molar-refractivity contribution >= 4 is 5.96 Å². The molecule has 6 nitrogen and oxygen atoms in total. The summed E-state index contributed by atoms with van der Waals surface area (Å²) in [6, 6.07) is 0. The van der Waals surface area contributed by atoms with Crippen LogP contribution in [0.3, 0.4) is 0 Å². The summed E-state index contributed by atoms with van der Waals surface area (Å²) in [5.41, 5.74) is 2.26. The summed E-state index contributed by atoms with van der Waals surface area (Å²) < 4.78 is 0. The molecule has 1 aromatic rings. The summed E-state index contributed by atoms with van der Waals surface area (Å²) in [7, 11) is 0. The van der Waals surface area contributed by atoms with Gasteiger partial charge in [0.2, 0.25) is 5.96 Å². The number of fused-ring (bicyclic) bond motifs is 1. The zero-order valence-corrected chi connectivity index (χ0v) is 13.0. The molecule has 2 aliphatic rings. The van der Waals surface area contributed by atoms with Crippen molar-refractivity contribution in [2.45, 2.75) is 51.5 Å². The van der Waals surface area contributed by atoms with Crippen molar-refractivity contribution in [2.75, 3.05) is 13.1 Å². The number of nitrogens with one attached hydrogen (secondary N) is 2. The van der Waals surface area contributed by atoms with E-state index in [1.54, 1.807) is 6.33 Å². The van der Waals surface area contributed by atoms with Crippen LogP contribution in [0.5, 0.6) is 0 Å². The van der Waals surface area contributed by atoms with Gasteiger partial charge < -0.3 is 9.88 Å². The molecule has 6 heteroatoms. The van der Waals surface area contributed by atoms with E-state index in [1.807, 2.05) is 6.19 Å². The molecule has 2 N–H and O–H groups in total. The summed E-state index contributed by atoms with van der Waals surface area (Å²) in [5.74, 6) is 1.53. The minimum Gasteiger partial charge on any atom is -0.347 e. The Kier molecular flexibility index (Phi) is 4.94. The molecule has 0 unspecified atom stereocenters. The standard InChI is InChI=1S/C16H24N6/c17-11-19-16(18-8-6-13-4-2-1-3-5-13)22-9-7-14-15(10-22)21-12-20-14/h12-13H,1-10H2,(H,18,19)(H,20,21). The summed E-state index contributed by atoms with van der Waals surface area (Å²) in [6.07, 6.45) is 12.6. The van der Waals surface area contributed by atoms with Crippen LogP contribution in [0.2, 0.25) is 0 Å². The summed E-state index contributed by atoms with van der Waals surface area (Å²) in [6.45, 7) is 2.40. The molecule has 0 aromatic carbocycles. The van der Waals surface area contributed by atoms with E-state index in [0.717, 1.165) is 49.8 Å². The summed E-state index contributed by atoms with van der Waals surface area (Å²) in [4.78, 5) is 14.3. The number of rotatable bonds is 3. The fourth-order valence-electron chi connectivity index (χ4n) is 3.49. The number of H-pyrrole nitrogens is 1. The number of aromatic nitrogens is 2. The Labute approximate surface area is 131 Å². The number of aliphatic imine (C=N–C) groups is 1. The Balaban J connectivity index is 1.57. The first-order chi connectivity index (χ1) is 10.9. The number of nitrogens with zero attached hydrogens (tertiary/aromatic N) is 4. The van der Waals surface area contributed by atoms with Crippen molar-refractivity contribution in [3.05, 3.63) is 17.7 Å². The fraction of sp³-hybridized carbons (Fsp3) is 0.688. The molecule has 0 radical (unpaired) electrons. The van der Waals surface area contributed by atoms with Crippen molar-refractivity contribution < 1.29 is 0 Å². The number of nitriles is 1. The first-order valence-corrected chi connectivity index (χ1v) is 8.32. The molecule has 22 heavy (non-hydrogen) atoms. The summed E-state index contributed by atoms with van der Waals surface area (Å²) >= 11 is 0. The maximum absolute atomic E-state index is 8.98. The quantitative estimate of drug-likeness (QED) is 0.388. The van der Waals surface area contributed by atoms with Gasteiger partial charge in [-0.25, -0.2) is 4.98 Å². The summed E-state index contributed by atoms with van der Waals surface area (Å²) in [5, 5.41) is 11.7. The maximum Gasteiger partial charge on any atom is 0.207 e. The Morgan fingerprint density at radius 1 is 1.45 bits per heavy atom. The van der Waals surface area contributed by atoms with Crippen molar-refractivity contribution in [3.8, 4) is 6.19 Å². The molecule has 0 bridgehead atoms. The molecule has 0 saturated heterocycles. The molecular formula is C16H24N6. The van der Waals surface area contributed by atoms with Crippen LogP contribution in [0.1, 0.15) is 49.9 Å². The van der Waals surface area contributed by atoms with E-state index >= 15 is 0 Å². The van der Waals surface area contributed by atoms with Gasteiger partial charge in [-0.1, -0.05) is 32.1 Å². The molecular weight excluding hydrogens is 276 g/mol. The molecule has 118 valence electrons. The van der Waals surface area contributed by atoms with Gasteiger partial charge in [0.1, 0.15) is 0 Å². The minimum absolute atomic E-state index is 0.707. The molecule has 0 amide bonds. The second-order valence-electron chi connectivity index (χ2n) is 6.23. The highest BCUT2D eigenvalue weighted by molar-refractivity contribution is 5.81. The Bertz CT molecular complexity index is 549. The molecule has 2 heterocycles. The van der Waals surface area contributed by atoms with Gasteiger partial charge in [-0.2, -0.15) is 5.26 Å². The van der Waals surface area contributed by atoms with Crippen LogP contribution in [0.4, 0.5) is 0 Å². The number of hydrogen-bond donors (Lipinski definition) is 2. The lowest BCUT2D eigenvalue weighted by atomic mass is 9.87. The van der Waals surface area contributed by atoms with Crippen molar-refractivity contribution in [1.82, 2.24) is 20.2 Å². The van der Waals surface area contributed by atoms with E-state index < -0.39 is 0 Å². The molecule has 1 aromatic heterocycles. The molecule has 0 atom stereocenters. The molecule has 1 aliphatic heterocycles.